The molecule has 2 rings (SSSR count). The van der Waals surface area contributed by atoms with Gasteiger partial charge >= 0.3 is 0 Å². The third kappa shape index (κ3) is 3.01. The third-order valence-electron chi connectivity index (χ3n) is 3.06. The minimum absolute atomic E-state index is 0.472. The third-order valence-corrected chi connectivity index (χ3v) is 3.55. The highest BCUT2D eigenvalue weighted by molar-refractivity contribution is 9.10. The van der Waals surface area contributed by atoms with E-state index in [9.17, 15) is 5.11 Å². The summed E-state index contributed by atoms with van der Waals surface area (Å²) in [6, 6.07) is 15.9. The van der Waals surface area contributed by atoms with Crippen LogP contribution in [-0.4, -0.2) is 5.11 Å². The molecule has 0 unspecified atom stereocenters. The molecule has 18 heavy (non-hydrogen) atoms. The second kappa shape index (κ2) is 5.68. The van der Waals surface area contributed by atoms with Gasteiger partial charge in [0.2, 0.25) is 0 Å². The van der Waals surface area contributed by atoms with Gasteiger partial charge in [-0.15, -0.1) is 0 Å². The molecule has 0 aromatic heterocycles. The largest absolute Gasteiger partial charge is 0.384 e. The van der Waals surface area contributed by atoms with Crippen molar-refractivity contribution in [2.75, 3.05) is 0 Å². The highest BCUT2D eigenvalue weighted by atomic mass is 79.9. The molecule has 0 amide bonds. The lowest BCUT2D eigenvalue weighted by molar-refractivity contribution is 0.220. The molecule has 0 heterocycles. The van der Waals surface area contributed by atoms with Gasteiger partial charge in [0.05, 0.1) is 0 Å². The van der Waals surface area contributed by atoms with Crippen molar-refractivity contribution < 1.29 is 5.11 Å². The molecule has 2 aromatic carbocycles. The van der Waals surface area contributed by atoms with Crippen molar-refractivity contribution in [1.29, 1.82) is 0 Å². The molecule has 0 aliphatic heterocycles. The molecule has 0 aliphatic rings. The van der Waals surface area contributed by atoms with E-state index in [0.717, 1.165) is 15.6 Å². The summed E-state index contributed by atoms with van der Waals surface area (Å²) in [6.07, 6.45) is -0.568. The van der Waals surface area contributed by atoms with Crippen molar-refractivity contribution in [2.45, 2.75) is 25.9 Å². The summed E-state index contributed by atoms with van der Waals surface area (Å²) in [4.78, 5) is 0. The van der Waals surface area contributed by atoms with Crippen molar-refractivity contribution in [1.82, 2.24) is 0 Å². The highest BCUT2D eigenvalue weighted by Crippen LogP contribution is 2.26. The summed E-state index contributed by atoms with van der Waals surface area (Å²) in [7, 11) is 0. The quantitative estimate of drug-likeness (QED) is 0.875. The standard InChI is InChI=1S/C16H17BrO/c1-11(2)12-5-3-6-13(9-12)16(18)14-7-4-8-15(17)10-14/h3-11,16,18H,1-2H3/t16-/m0/s1. The van der Waals surface area contributed by atoms with Crippen molar-refractivity contribution in [2.24, 2.45) is 0 Å². The predicted octanol–water partition coefficient (Wildman–Crippen LogP) is 4.65. The number of rotatable bonds is 3. The Balaban J connectivity index is 2.33. The van der Waals surface area contributed by atoms with Crippen LogP contribution in [0.25, 0.3) is 0 Å². The van der Waals surface area contributed by atoms with Crippen LogP contribution < -0.4 is 0 Å². The first-order chi connectivity index (χ1) is 8.58. The number of halogens is 1. The maximum atomic E-state index is 10.4. The number of hydrogen-bond acceptors (Lipinski definition) is 1. The summed E-state index contributed by atoms with van der Waals surface area (Å²) in [6.45, 7) is 4.31. The molecule has 0 saturated carbocycles. The Hall–Kier alpha value is -1.12. The van der Waals surface area contributed by atoms with E-state index in [4.69, 9.17) is 0 Å². The minimum Gasteiger partial charge on any atom is -0.384 e. The Kier molecular flexibility index (Phi) is 4.20. The van der Waals surface area contributed by atoms with Gasteiger partial charge in [-0.2, -0.15) is 0 Å². The van der Waals surface area contributed by atoms with E-state index in [2.05, 4.69) is 41.9 Å². The molecular weight excluding hydrogens is 288 g/mol. The Morgan fingerprint density at radius 1 is 0.889 bits per heavy atom. The second-order valence-corrected chi connectivity index (χ2v) is 5.70. The van der Waals surface area contributed by atoms with E-state index >= 15 is 0 Å². The van der Waals surface area contributed by atoms with Crippen LogP contribution in [0.1, 0.15) is 42.6 Å². The summed E-state index contributed by atoms with van der Waals surface area (Å²) in [5, 5.41) is 10.4. The molecule has 0 bridgehead atoms. The zero-order valence-corrected chi connectivity index (χ0v) is 12.2. The van der Waals surface area contributed by atoms with Crippen LogP contribution in [-0.2, 0) is 0 Å². The lowest BCUT2D eigenvalue weighted by Crippen LogP contribution is -2.00. The summed E-state index contributed by atoms with van der Waals surface area (Å²) in [5.74, 6) is 0.472. The van der Waals surface area contributed by atoms with Gasteiger partial charge in [0.25, 0.3) is 0 Å². The summed E-state index contributed by atoms with van der Waals surface area (Å²) in [5.41, 5.74) is 3.10. The Morgan fingerprint density at radius 3 is 2.06 bits per heavy atom. The maximum absolute atomic E-state index is 10.4. The van der Waals surface area contributed by atoms with Crippen molar-refractivity contribution in [3.05, 3.63) is 69.7 Å². The van der Waals surface area contributed by atoms with Crippen molar-refractivity contribution in [3.63, 3.8) is 0 Å². The predicted molar refractivity (Wildman–Crippen MR) is 78.7 cm³/mol. The van der Waals surface area contributed by atoms with Gasteiger partial charge in [-0.1, -0.05) is 66.2 Å². The summed E-state index contributed by atoms with van der Waals surface area (Å²) < 4.78 is 0.985. The van der Waals surface area contributed by atoms with Gasteiger partial charge < -0.3 is 5.11 Å². The molecule has 0 aliphatic carbocycles. The number of aliphatic hydroxyl groups excluding tert-OH is 1. The van der Waals surface area contributed by atoms with Gasteiger partial charge in [0, 0.05) is 4.47 Å². The van der Waals surface area contributed by atoms with Gasteiger partial charge in [-0.05, 0) is 34.7 Å². The number of benzene rings is 2. The Bertz CT molecular complexity index is 534. The molecule has 2 aromatic rings. The highest BCUT2D eigenvalue weighted by Gasteiger charge is 2.11. The van der Waals surface area contributed by atoms with E-state index < -0.39 is 6.10 Å². The molecule has 1 atom stereocenters. The van der Waals surface area contributed by atoms with Crippen molar-refractivity contribution in [3.8, 4) is 0 Å². The molecule has 94 valence electrons. The molecule has 0 spiro atoms. The van der Waals surface area contributed by atoms with Crippen LogP contribution >= 0.6 is 15.9 Å². The van der Waals surface area contributed by atoms with E-state index in [-0.39, 0.29) is 0 Å². The number of hydrogen-bond donors (Lipinski definition) is 1. The fraction of sp³-hybridized carbons (Fsp3) is 0.250. The van der Waals surface area contributed by atoms with Crippen LogP contribution in [0.2, 0.25) is 0 Å². The zero-order valence-electron chi connectivity index (χ0n) is 10.6. The van der Waals surface area contributed by atoms with Gasteiger partial charge in [0.15, 0.2) is 0 Å². The van der Waals surface area contributed by atoms with Gasteiger partial charge in [-0.3, -0.25) is 0 Å². The van der Waals surface area contributed by atoms with Crippen LogP contribution in [0, 0.1) is 0 Å². The molecule has 0 fully saturated rings. The van der Waals surface area contributed by atoms with Crippen LogP contribution in [0.15, 0.2) is 53.0 Å². The lowest BCUT2D eigenvalue weighted by atomic mass is 9.96. The zero-order chi connectivity index (χ0) is 13.1. The molecule has 1 nitrogen and oxygen atoms in total. The topological polar surface area (TPSA) is 20.2 Å². The first-order valence-corrected chi connectivity index (χ1v) is 6.90. The van der Waals surface area contributed by atoms with E-state index in [1.54, 1.807) is 0 Å². The fourth-order valence-corrected chi connectivity index (χ4v) is 2.37. The smallest absolute Gasteiger partial charge is 0.104 e. The average molecular weight is 305 g/mol. The minimum atomic E-state index is -0.568. The SMILES string of the molecule is CC(C)c1cccc([C@H](O)c2cccc(Br)c2)c1. The molecule has 0 radical (unpaired) electrons. The van der Waals surface area contributed by atoms with Crippen LogP contribution in [0.4, 0.5) is 0 Å². The molecule has 1 N–H and O–H groups in total. The maximum Gasteiger partial charge on any atom is 0.104 e. The average Bonchev–Trinajstić information content (AvgIpc) is 2.38. The van der Waals surface area contributed by atoms with Crippen LogP contribution in [0.5, 0.6) is 0 Å². The first kappa shape index (κ1) is 13.3. The van der Waals surface area contributed by atoms with Crippen LogP contribution in [0.3, 0.4) is 0 Å². The van der Waals surface area contributed by atoms with E-state index in [1.807, 2.05) is 36.4 Å². The molecule has 2 heteroatoms. The fourth-order valence-electron chi connectivity index (χ4n) is 1.96. The van der Waals surface area contributed by atoms with E-state index in [1.165, 1.54) is 5.56 Å². The second-order valence-electron chi connectivity index (χ2n) is 4.78. The Labute approximate surface area is 117 Å². The van der Waals surface area contributed by atoms with Gasteiger partial charge in [0.1, 0.15) is 6.10 Å². The van der Waals surface area contributed by atoms with Crippen molar-refractivity contribution >= 4 is 15.9 Å². The normalized spacial score (nSPS) is 12.7. The first-order valence-electron chi connectivity index (χ1n) is 6.11. The molecular formula is C16H17BrO. The lowest BCUT2D eigenvalue weighted by Gasteiger charge is -2.14. The van der Waals surface area contributed by atoms with E-state index in [0.29, 0.717) is 5.92 Å². The molecule has 0 saturated heterocycles. The Morgan fingerprint density at radius 2 is 1.44 bits per heavy atom. The monoisotopic (exact) mass is 304 g/mol. The van der Waals surface area contributed by atoms with Gasteiger partial charge in [-0.25, -0.2) is 0 Å². The number of aliphatic hydroxyl groups is 1. The summed E-state index contributed by atoms with van der Waals surface area (Å²) >= 11 is 3.43.